The van der Waals surface area contributed by atoms with E-state index in [1.165, 1.54) is 43.5 Å². The molecule has 0 aromatic carbocycles. The van der Waals surface area contributed by atoms with Crippen molar-refractivity contribution in [3.8, 4) is 0 Å². The Morgan fingerprint density at radius 2 is 1.83 bits per heavy atom. The lowest BCUT2D eigenvalue weighted by Gasteiger charge is -2.29. The molecule has 2 heterocycles. The lowest BCUT2D eigenvalue weighted by Crippen LogP contribution is -2.41. The van der Waals surface area contributed by atoms with Crippen molar-refractivity contribution in [1.29, 1.82) is 0 Å². The first kappa shape index (κ1) is 15.9. The first-order chi connectivity index (χ1) is 11.6. The average molecular weight is 343 g/mol. The number of rotatable bonds is 3. The summed E-state index contributed by atoms with van der Waals surface area (Å²) in [5.74, 6) is 0.0446. The molecule has 0 radical (unpaired) electrons. The summed E-state index contributed by atoms with van der Waals surface area (Å²) < 4.78 is 2.41. The number of thiocarbonyl (C=S) groups is 1. The Morgan fingerprint density at radius 1 is 1.12 bits per heavy atom. The Balaban J connectivity index is 1.60. The minimum Gasteiger partial charge on any atom is -0.346 e. The Labute approximate surface area is 148 Å². The van der Waals surface area contributed by atoms with Gasteiger partial charge in [0, 0.05) is 23.5 Å². The van der Waals surface area contributed by atoms with Crippen molar-refractivity contribution in [2.75, 3.05) is 0 Å². The highest BCUT2D eigenvalue weighted by atomic mass is 32.1. The summed E-state index contributed by atoms with van der Waals surface area (Å²) in [6.45, 7) is 4.30. The number of hydrogen-bond donors (Lipinski definition) is 1. The van der Waals surface area contributed by atoms with Gasteiger partial charge in [-0.15, -0.1) is 0 Å². The minimum atomic E-state index is 0.0446. The second kappa shape index (κ2) is 6.03. The highest BCUT2D eigenvalue weighted by molar-refractivity contribution is 7.80. The Kier molecular flexibility index (Phi) is 3.99. The van der Waals surface area contributed by atoms with Gasteiger partial charge in [-0.2, -0.15) is 0 Å². The van der Waals surface area contributed by atoms with Crippen LogP contribution in [0.1, 0.15) is 67.9 Å². The van der Waals surface area contributed by atoms with E-state index in [0.717, 1.165) is 18.4 Å². The van der Waals surface area contributed by atoms with Crippen LogP contribution in [-0.4, -0.2) is 26.5 Å². The van der Waals surface area contributed by atoms with Gasteiger partial charge < -0.3 is 9.88 Å². The first-order valence-corrected chi connectivity index (χ1v) is 9.52. The van der Waals surface area contributed by atoms with Gasteiger partial charge in [0.1, 0.15) is 5.70 Å². The maximum Gasteiger partial charge on any atom is 0.276 e. The molecule has 0 unspecified atom stereocenters. The maximum absolute atomic E-state index is 12.9. The summed E-state index contributed by atoms with van der Waals surface area (Å²) >= 11 is 5.46. The lowest BCUT2D eigenvalue weighted by molar-refractivity contribution is -0.124. The Bertz CT molecular complexity index is 723. The zero-order valence-corrected chi connectivity index (χ0v) is 15.3. The molecule has 24 heavy (non-hydrogen) atoms. The van der Waals surface area contributed by atoms with Crippen molar-refractivity contribution in [2.24, 2.45) is 0 Å². The molecule has 128 valence electrons. The molecule has 1 amide bonds. The maximum atomic E-state index is 12.9. The van der Waals surface area contributed by atoms with Gasteiger partial charge in [0.05, 0.1) is 0 Å². The first-order valence-electron chi connectivity index (χ1n) is 9.11. The predicted molar refractivity (Wildman–Crippen MR) is 99.6 cm³/mol. The number of carbonyl (C=O) groups excluding carboxylic acids is 1. The number of aryl methyl sites for hydroxylation is 1. The molecule has 1 aromatic rings. The van der Waals surface area contributed by atoms with Gasteiger partial charge in [-0.05, 0) is 69.5 Å². The fourth-order valence-corrected chi connectivity index (χ4v) is 4.56. The van der Waals surface area contributed by atoms with Gasteiger partial charge >= 0.3 is 0 Å². The van der Waals surface area contributed by atoms with Crippen molar-refractivity contribution >= 4 is 29.3 Å². The third kappa shape index (κ3) is 2.69. The molecule has 1 aromatic heterocycles. The lowest BCUT2D eigenvalue weighted by atomic mass is 9.94. The van der Waals surface area contributed by atoms with E-state index in [1.807, 2.05) is 11.0 Å². The van der Waals surface area contributed by atoms with Crippen LogP contribution >= 0.6 is 12.2 Å². The molecule has 1 aliphatic heterocycles. The highest BCUT2D eigenvalue weighted by Gasteiger charge is 2.36. The van der Waals surface area contributed by atoms with Crippen molar-refractivity contribution in [1.82, 2.24) is 14.8 Å². The van der Waals surface area contributed by atoms with Crippen LogP contribution in [-0.2, 0) is 4.79 Å². The van der Waals surface area contributed by atoms with Crippen LogP contribution in [0, 0.1) is 13.8 Å². The summed E-state index contributed by atoms with van der Waals surface area (Å²) in [6, 6.07) is 3.11. The number of nitrogens with zero attached hydrogens (tertiary/aromatic N) is 2. The molecular weight excluding hydrogens is 318 g/mol. The van der Waals surface area contributed by atoms with Crippen molar-refractivity contribution in [3.05, 3.63) is 28.7 Å². The van der Waals surface area contributed by atoms with Crippen molar-refractivity contribution in [2.45, 2.75) is 70.9 Å². The van der Waals surface area contributed by atoms with Crippen molar-refractivity contribution < 1.29 is 4.79 Å². The third-order valence-corrected chi connectivity index (χ3v) is 5.88. The van der Waals surface area contributed by atoms with Gasteiger partial charge in [0.25, 0.3) is 5.91 Å². The van der Waals surface area contributed by atoms with E-state index in [1.54, 1.807) is 0 Å². The van der Waals surface area contributed by atoms with Gasteiger partial charge in [-0.3, -0.25) is 9.69 Å². The summed E-state index contributed by atoms with van der Waals surface area (Å²) in [7, 11) is 0. The van der Waals surface area contributed by atoms with E-state index >= 15 is 0 Å². The molecule has 2 aliphatic carbocycles. The van der Waals surface area contributed by atoms with Crippen LogP contribution in [0.4, 0.5) is 0 Å². The number of nitrogens with one attached hydrogen (secondary N) is 1. The summed E-state index contributed by atoms with van der Waals surface area (Å²) in [5.41, 5.74) is 4.28. The molecule has 1 N–H and O–H groups in total. The molecule has 3 aliphatic rings. The van der Waals surface area contributed by atoms with Crippen LogP contribution in [0.15, 0.2) is 11.8 Å². The smallest absolute Gasteiger partial charge is 0.276 e. The Hall–Kier alpha value is -1.62. The number of hydrogen-bond acceptors (Lipinski definition) is 2. The van der Waals surface area contributed by atoms with E-state index in [9.17, 15) is 4.79 Å². The molecule has 4 rings (SSSR count). The summed E-state index contributed by atoms with van der Waals surface area (Å²) in [5, 5.41) is 3.74. The molecule has 0 bridgehead atoms. The predicted octanol–water partition coefficient (Wildman–Crippen LogP) is 3.83. The van der Waals surface area contributed by atoms with Crippen LogP contribution in [0.5, 0.6) is 0 Å². The van der Waals surface area contributed by atoms with Gasteiger partial charge in [0.15, 0.2) is 5.11 Å². The summed E-state index contributed by atoms with van der Waals surface area (Å²) in [6.07, 6.45) is 10.3. The quantitative estimate of drug-likeness (QED) is 0.669. The number of aromatic nitrogens is 1. The SMILES string of the molecule is Cc1cc(/C=C2\NC(=S)N(C3CCCCC3)C2=O)c(C)n1C1CC1. The van der Waals surface area contributed by atoms with Crippen molar-refractivity contribution in [3.63, 3.8) is 0 Å². The molecule has 0 atom stereocenters. The molecule has 2 saturated carbocycles. The van der Waals surface area contributed by atoms with E-state index in [2.05, 4.69) is 29.8 Å². The number of carbonyl (C=O) groups is 1. The zero-order valence-electron chi connectivity index (χ0n) is 14.5. The summed E-state index contributed by atoms with van der Waals surface area (Å²) in [4.78, 5) is 14.7. The average Bonchev–Trinajstić information content (AvgIpc) is 3.29. The second-order valence-electron chi connectivity index (χ2n) is 7.38. The Morgan fingerprint density at radius 3 is 2.50 bits per heavy atom. The molecule has 0 spiro atoms. The third-order valence-electron chi connectivity index (χ3n) is 5.58. The molecule has 1 saturated heterocycles. The van der Waals surface area contributed by atoms with Crippen LogP contribution < -0.4 is 5.32 Å². The normalized spacial score (nSPS) is 24.1. The van der Waals surface area contributed by atoms with E-state index in [4.69, 9.17) is 12.2 Å². The van der Waals surface area contributed by atoms with E-state index in [-0.39, 0.29) is 11.9 Å². The van der Waals surface area contributed by atoms with Crippen LogP contribution in [0.2, 0.25) is 0 Å². The fourth-order valence-electron chi connectivity index (χ4n) is 4.22. The monoisotopic (exact) mass is 343 g/mol. The minimum absolute atomic E-state index is 0.0446. The molecule has 4 nitrogen and oxygen atoms in total. The van der Waals surface area contributed by atoms with E-state index < -0.39 is 0 Å². The fraction of sp³-hybridized carbons (Fsp3) is 0.579. The highest BCUT2D eigenvalue weighted by Crippen LogP contribution is 2.38. The molecular formula is C19H25N3OS. The number of amides is 1. The topological polar surface area (TPSA) is 37.3 Å². The van der Waals surface area contributed by atoms with Crippen LogP contribution in [0.25, 0.3) is 6.08 Å². The zero-order chi connectivity index (χ0) is 16.8. The van der Waals surface area contributed by atoms with Gasteiger partial charge in [-0.25, -0.2) is 0 Å². The van der Waals surface area contributed by atoms with Gasteiger partial charge in [-0.1, -0.05) is 19.3 Å². The largest absolute Gasteiger partial charge is 0.346 e. The van der Waals surface area contributed by atoms with E-state index in [0.29, 0.717) is 16.9 Å². The standard InChI is InChI=1S/C19H25N3OS/c1-12-10-14(13(2)21(12)16-8-9-16)11-17-18(23)22(19(24)20-17)15-6-4-3-5-7-15/h10-11,15-16H,3-9H2,1-2H3,(H,20,24)/b17-11-. The second-order valence-corrected chi connectivity index (χ2v) is 7.77. The molecule has 3 fully saturated rings. The molecule has 5 heteroatoms. The van der Waals surface area contributed by atoms with Gasteiger partial charge in [0.2, 0.25) is 0 Å². The van der Waals surface area contributed by atoms with Crippen LogP contribution in [0.3, 0.4) is 0 Å².